The highest BCUT2D eigenvalue weighted by Gasteiger charge is 2.34. The van der Waals surface area contributed by atoms with Crippen molar-refractivity contribution in [1.82, 2.24) is 4.90 Å². The number of fused-ring (bicyclic) bond motifs is 1. The second-order valence-electron chi connectivity index (χ2n) is 5.39. The third-order valence-corrected chi connectivity index (χ3v) is 4.12. The maximum absolute atomic E-state index is 13.6. The summed E-state index contributed by atoms with van der Waals surface area (Å²) in [5, 5.41) is -0.0367. The molecule has 0 spiro atoms. The number of imide groups is 1. The number of amides is 2. The first-order valence-corrected chi connectivity index (χ1v) is 7.95. The maximum Gasteiger partial charge on any atom is 0.342 e. The number of hydrogen-bond acceptors (Lipinski definition) is 4. The highest BCUT2D eigenvalue weighted by atomic mass is 35.5. The molecule has 0 saturated carbocycles. The predicted octanol–water partition coefficient (Wildman–Crippen LogP) is 3.32. The molecule has 0 radical (unpaired) electrons. The zero-order valence-electron chi connectivity index (χ0n) is 13.0. The Labute approximate surface area is 147 Å². The molecule has 2 aromatic rings. The van der Waals surface area contributed by atoms with Crippen molar-refractivity contribution in [1.29, 1.82) is 0 Å². The van der Waals surface area contributed by atoms with Crippen LogP contribution in [0.2, 0.25) is 5.02 Å². The van der Waals surface area contributed by atoms with Gasteiger partial charge in [-0.15, -0.1) is 0 Å². The number of benzene rings is 2. The van der Waals surface area contributed by atoms with Crippen LogP contribution in [-0.4, -0.2) is 35.8 Å². The minimum absolute atomic E-state index is 0.0367. The number of hydrogen-bond donors (Lipinski definition) is 0. The van der Waals surface area contributed by atoms with Crippen LogP contribution in [0.15, 0.2) is 42.5 Å². The summed E-state index contributed by atoms with van der Waals surface area (Å²) in [6, 6.07) is 10.4. The van der Waals surface area contributed by atoms with Gasteiger partial charge in [0.2, 0.25) is 0 Å². The van der Waals surface area contributed by atoms with Crippen molar-refractivity contribution in [2.24, 2.45) is 0 Å². The molecule has 7 heteroatoms. The fourth-order valence-electron chi connectivity index (χ4n) is 2.59. The largest absolute Gasteiger partial charge is 0.462 e. The van der Waals surface area contributed by atoms with Gasteiger partial charge in [-0.2, -0.15) is 0 Å². The topological polar surface area (TPSA) is 63.7 Å². The van der Waals surface area contributed by atoms with Crippen molar-refractivity contribution in [3.8, 4) is 0 Å². The van der Waals surface area contributed by atoms with Gasteiger partial charge in [-0.3, -0.25) is 14.5 Å². The summed E-state index contributed by atoms with van der Waals surface area (Å²) in [5.41, 5.74) is 0.398. The smallest absolute Gasteiger partial charge is 0.342 e. The lowest BCUT2D eigenvalue weighted by atomic mass is 10.1. The molecule has 0 unspecified atom stereocenters. The van der Waals surface area contributed by atoms with Gasteiger partial charge in [0.25, 0.3) is 11.8 Å². The number of carbonyl (C=O) groups excluding carboxylic acids is 3. The quantitative estimate of drug-likeness (QED) is 0.465. The Balaban J connectivity index is 1.55. The van der Waals surface area contributed by atoms with Crippen molar-refractivity contribution in [2.45, 2.75) is 6.42 Å². The van der Waals surface area contributed by atoms with E-state index < -0.39 is 11.8 Å². The van der Waals surface area contributed by atoms with Crippen LogP contribution in [0.3, 0.4) is 0 Å². The van der Waals surface area contributed by atoms with Crippen LogP contribution in [-0.2, 0) is 4.74 Å². The van der Waals surface area contributed by atoms with Gasteiger partial charge in [-0.1, -0.05) is 29.8 Å². The molecular formula is C18H13ClFNO4. The van der Waals surface area contributed by atoms with E-state index in [1.807, 2.05) is 0 Å². The molecule has 5 nitrogen and oxygen atoms in total. The van der Waals surface area contributed by atoms with E-state index in [1.54, 1.807) is 24.3 Å². The fourth-order valence-corrected chi connectivity index (χ4v) is 2.83. The highest BCUT2D eigenvalue weighted by Crippen LogP contribution is 2.23. The van der Waals surface area contributed by atoms with Crippen LogP contribution in [0.1, 0.15) is 37.5 Å². The van der Waals surface area contributed by atoms with E-state index in [2.05, 4.69) is 0 Å². The van der Waals surface area contributed by atoms with Crippen LogP contribution >= 0.6 is 11.6 Å². The van der Waals surface area contributed by atoms with Gasteiger partial charge in [0.15, 0.2) is 0 Å². The molecule has 2 amide bonds. The van der Waals surface area contributed by atoms with Gasteiger partial charge < -0.3 is 4.74 Å². The summed E-state index contributed by atoms with van der Waals surface area (Å²) in [6.45, 7) is 0.0293. The van der Waals surface area contributed by atoms with Gasteiger partial charge in [0.05, 0.1) is 22.8 Å². The molecule has 0 aliphatic carbocycles. The first kappa shape index (κ1) is 17.1. The third kappa shape index (κ3) is 3.25. The first-order valence-electron chi connectivity index (χ1n) is 7.57. The molecule has 0 bridgehead atoms. The molecule has 0 saturated heterocycles. The SMILES string of the molecule is O=C(OCCCN1C(=O)c2ccccc2C1=O)c1c(F)cccc1Cl. The number of nitrogens with zero attached hydrogens (tertiary/aromatic N) is 1. The second-order valence-corrected chi connectivity index (χ2v) is 5.80. The summed E-state index contributed by atoms with van der Waals surface area (Å²) in [5.74, 6) is -2.39. The molecule has 0 N–H and O–H groups in total. The third-order valence-electron chi connectivity index (χ3n) is 3.80. The minimum atomic E-state index is -0.884. The van der Waals surface area contributed by atoms with E-state index >= 15 is 0 Å². The lowest BCUT2D eigenvalue weighted by molar-refractivity contribution is 0.0478. The molecule has 2 aromatic carbocycles. The van der Waals surface area contributed by atoms with E-state index in [9.17, 15) is 18.8 Å². The molecule has 3 rings (SSSR count). The van der Waals surface area contributed by atoms with Crippen LogP contribution in [0, 0.1) is 5.82 Å². The van der Waals surface area contributed by atoms with E-state index in [1.165, 1.54) is 12.1 Å². The number of esters is 1. The Bertz CT molecular complexity index is 813. The van der Waals surface area contributed by atoms with E-state index in [0.29, 0.717) is 11.1 Å². The van der Waals surface area contributed by atoms with Crippen molar-refractivity contribution >= 4 is 29.4 Å². The first-order chi connectivity index (χ1) is 12.0. The Morgan fingerprint density at radius 2 is 1.68 bits per heavy atom. The minimum Gasteiger partial charge on any atom is -0.462 e. The summed E-state index contributed by atoms with van der Waals surface area (Å²) in [6.07, 6.45) is 0.239. The fraction of sp³-hybridized carbons (Fsp3) is 0.167. The van der Waals surface area contributed by atoms with Gasteiger partial charge in [0, 0.05) is 6.54 Å². The Hall–Kier alpha value is -2.73. The summed E-state index contributed by atoms with van der Waals surface area (Å²) < 4.78 is 18.6. The number of rotatable bonds is 5. The zero-order valence-corrected chi connectivity index (χ0v) is 13.8. The molecule has 1 aliphatic rings. The molecule has 0 fully saturated rings. The molecule has 25 heavy (non-hydrogen) atoms. The van der Waals surface area contributed by atoms with E-state index in [0.717, 1.165) is 11.0 Å². The van der Waals surface area contributed by atoms with Gasteiger partial charge >= 0.3 is 5.97 Å². The average Bonchev–Trinajstić information content (AvgIpc) is 2.83. The number of ether oxygens (including phenoxy) is 1. The van der Waals surface area contributed by atoms with Gasteiger partial charge in [0.1, 0.15) is 11.4 Å². The molecule has 128 valence electrons. The van der Waals surface area contributed by atoms with Crippen LogP contribution in [0.4, 0.5) is 4.39 Å². The second kappa shape index (κ2) is 7.03. The Morgan fingerprint density at radius 3 is 2.28 bits per heavy atom. The van der Waals surface area contributed by atoms with Crippen LogP contribution < -0.4 is 0 Å². The lowest BCUT2D eigenvalue weighted by Crippen LogP contribution is -2.31. The molecular weight excluding hydrogens is 349 g/mol. The summed E-state index contributed by atoms with van der Waals surface area (Å²) in [7, 11) is 0. The monoisotopic (exact) mass is 361 g/mol. The number of halogens is 2. The molecule has 0 atom stereocenters. The van der Waals surface area contributed by atoms with Crippen molar-refractivity contribution in [3.63, 3.8) is 0 Å². The standard InChI is InChI=1S/C18H13ClFNO4/c19-13-7-3-8-14(20)15(13)18(24)25-10-4-9-21-16(22)11-5-1-2-6-12(11)17(21)23/h1-3,5-8H,4,9-10H2. The predicted molar refractivity (Wildman–Crippen MR) is 88.1 cm³/mol. The van der Waals surface area contributed by atoms with Gasteiger partial charge in [-0.05, 0) is 30.7 Å². The molecule has 1 aliphatic heterocycles. The normalized spacial score (nSPS) is 13.1. The van der Waals surface area contributed by atoms with E-state index in [4.69, 9.17) is 16.3 Å². The zero-order chi connectivity index (χ0) is 18.0. The maximum atomic E-state index is 13.6. The highest BCUT2D eigenvalue weighted by molar-refractivity contribution is 6.33. The average molecular weight is 362 g/mol. The van der Waals surface area contributed by atoms with Crippen LogP contribution in [0.5, 0.6) is 0 Å². The lowest BCUT2D eigenvalue weighted by Gasteiger charge is -2.13. The van der Waals surface area contributed by atoms with Crippen LogP contribution in [0.25, 0.3) is 0 Å². The van der Waals surface area contributed by atoms with Crippen molar-refractivity contribution in [2.75, 3.05) is 13.2 Å². The molecule has 1 heterocycles. The number of carbonyl (C=O) groups is 3. The van der Waals surface area contributed by atoms with Crippen molar-refractivity contribution in [3.05, 3.63) is 70.0 Å². The van der Waals surface area contributed by atoms with E-state index in [-0.39, 0.29) is 42.0 Å². The van der Waals surface area contributed by atoms with Gasteiger partial charge in [-0.25, -0.2) is 9.18 Å². The Morgan fingerprint density at radius 1 is 1.04 bits per heavy atom. The summed E-state index contributed by atoms with van der Waals surface area (Å²) >= 11 is 5.79. The molecule has 0 aromatic heterocycles. The van der Waals surface area contributed by atoms with Crippen molar-refractivity contribution < 1.29 is 23.5 Å². The summed E-state index contributed by atoms with van der Waals surface area (Å²) in [4.78, 5) is 37.4. The Kier molecular flexibility index (Phi) is 4.81.